The Labute approximate surface area is 117 Å². The fourth-order valence-corrected chi connectivity index (χ4v) is 2.83. The number of nitrogens with zero attached hydrogens (tertiary/aromatic N) is 2. The third-order valence-electron chi connectivity index (χ3n) is 3.00. The van der Waals surface area contributed by atoms with Crippen molar-refractivity contribution in [1.29, 1.82) is 0 Å². The van der Waals surface area contributed by atoms with Crippen molar-refractivity contribution in [2.75, 3.05) is 12.0 Å². The predicted molar refractivity (Wildman–Crippen MR) is 77.0 cm³/mol. The Hall–Kier alpha value is -1.43. The van der Waals surface area contributed by atoms with Crippen molar-refractivity contribution in [1.82, 2.24) is 4.98 Å². The Kier molecular flexibility index (Phi) is 4.90. The summed E-state index contributed by atoms with van der Waals surface area (Å²) in [5.41, 5.74) is 4.84. The van der Waals surface area contributed by atoms with Gasteiger partial charge >= 0.3 is 5.97 Å². The first-order chi connectivity index (χ1) is 9.20. The number of rotatable bonds is 4. The number of hydrogen-bond donors (Lipinski definition) is 1. The number of carbonyl (C=O) groups is 1. The lowest BCUT2D eigenvalue weighted by atomic mass is 9.99. The number of aryl methyl sites for hydroxylation is 1. The van der Waals surface area contributed by atoms with Gasteiger partial charge in [-0.15, -0.1) is 0 Å². The zero-order valence-corrected chi connectivity index (χ0v) is 12.2. The van der Waals surface area contributed by atoms with E-state index in [-0.39, 0.29) is 5.97 Å². The normalized spacial score (nSPS) is 15.2. The molecule has 0 amide bonds. The molecular formula is C13H19N3O2S. The Morgan fingerprint density at radius 1 is 1.42 bits per heavy atom. The molecule has 5 nitrogen and oxygen atoms in total. The molecule has 1 aromatic heterocycles. The molecule has 0 aliphatic heterocycles. The number of anilines is 1. The second-order valence-electron chi connectivity index (χ2n) is 4.50. The largest absolute Gasteiger partial charge is 0.462 e. The maximum Gasteiger partial charge on any atom is 0.350 e. The molecule has 0 aromatic carbocycles. The molecule has 1 N–H and O–H groups in total. The van der Waals surface area contributed by atoms with Crippen LogP contribution in [0.2, 0.25) is 0 Å². The van der Waals surface area contributed by atoms with Crippen molar-refractivity contribution in [3.63, 3.8) is 0 Å². The van der Waals surface area contributed by atoms with Crippen molar-refractivity contribution in [2.24, 2.45) is 5.10 Å². The van der Waals surface area contributed by atoms with Gasteiger partial charge in [0.2, 0.25) is 5.13 Å². The van der Waals surface area contributed by atoms with Crippen LogP contribution >= 0.6 is 11.3 Å². The minimum absolute atomic E-state index is 0.309. The number of hydrazone groups is 1. The topological polar surface area (TPSA) is 63.6 Å². The number of thiazole rings is 1. The van der Waals surface area contributed by atoms with Crippen LogP contribution < -0.4 is 5.43 Å². The molecule has 19 heavy (non-hydrogen) atoms. The molecule has 0 spiro atoms. The van der Waals surface area contributed by atoms with Crippen LogP contribution in [0.5, 0.6) is 0 Å². The molecule has 0 bridgehead atoms. The summed E-state index contributed by atoms with van der Waals surface area (Å²) in [5.74, 6) is -0.309. The lowest BCUT2D eigenvalue weighted by Crippen LogP contribution is -2.07. The van der Waals surface area contributed by atoms with Gasteiger partial charge in [-0.1, -0.05) is 17.8 Å². The van der Waals surface area contributed by atoms with Gasteiger partial charge in [-0.2, -0.15) is 5.10 Å². The highest BCUT2D eigenvalue weighted by molar-refractivity contribution is 7.17. The highest BCUT2D eigenvalue weighted by Gasteiger charge is 2.16. The van der Waals surface area contributed by atoms with Gasteiger partial charge in [0.05, 0.1) is 12.3 Å². The van der Waals surface area contributed by atoms with Gasteiger partial charge in [0.15, 0.2) is 0 Å². The second kappa shape index (κ2) is 6.65. The Balaban J connectivity index is 2.01. The first-order valence-corrected chi connectivity index (χ1v) is 7.48. The van der Waals surface area contributed by atoms with Crippen LogP contribution in [0.1, 0.15) is 54.4 Å². The molecule has 2 rings (SSSR count). The first-order valence-electron chi connectivity index (χ1n) is 6.66. The molecule has 1 aliphatic rings. The van der Waals surface area contributed by atoms with E-state index in [9.17, 15) is 4.79 Å². The predicted octanol–water partition coefficient (Wildman–Crippen LogP) is 3.36. The Bertz CT molecular complexity index is 474. The monoisotopic (exact) mass is 281 g/mol. The van der Waals surface area contributed by atoms with Crippen LogP contribution in [-0.4, -0.2) is 23.3 Å². The summed E-state index contributed by atoms with van der Waals surface area (Å²) < 4.78 is 4.98. The molecule has 0 saturated heterocycles. The molecule has 1 saturated carbocycles. The van der Waals surface area contributed by atoms with Crippen molar-refractivity contribution < 1.29 is 9.53 Å². The molecule has 1 aromatic rings. The summed E-state index contributed by atoms with van der Waals surface area (Å²) in [6, 6.07) is 0. The summed E-state index contributed by atoms with van der Waals surface area (Å²) in [7, 11) is 0. The number of ether oxygens (including phenoxy) is 1. The van der Waals surface area contributed by atoms with E-state index >= 15 is 0 Å². The summed E-state index contributed by atoms with van der Waals surface area (Å²) >= 11 is 1.29. The van der Waals surface area contributed by atoms with Crippen molar-refractivity contribution in [2.45, 2.75) is 46.0 Å². The van der Waals surface area contributed by atoms with E-state index in [4.69, 9.17) is 4.74 Å². The molecular weight excluding hydrogens is 262 g/mol. The lowest BCUT2D eigenvalue weighted by Gasteiger charge is -2.11. The zero-order chi connectivity index (χ0) is 13.7. The summed E-state index contributed by atoms with van der Waals surface area (Å²) in [6.07, 6.45) is 5.84. The number of hydrogen-bond acceptors (Lipinski definition) is 6. The zero-order valence-electron chi connectivity index (χ0n) is 11.4. The van der Waals surface area contributed by atoms with E-state index in [1.54, 1.807) is 6.92 Å². The van der Waals surface area contributed by atoms with Crippen molar-refractivity contribution >= 4 is 28.1 Å². The fraction of sp³-hybridized carbons (Fsp3) is 0.615. The van der Waals surface area contributed by atoms with E-state index < -0.39 is 0 Å². The van der Waals surface area contributed by atoms with E-state index in [1.807, 2.05) is 6.92 Å². The quantitative estimate of drug-likeness (QED) is 0.679. The van der Waals surface area contributed by atoms with E-state index in [1.165, 1.54) is 36.3 Å². The maximum atomic E-state index is 11.7. The Morgan fingerprint density at radius 3 is 2.84 bits per heavy atom. The first kappa shape index (κ1) is 14.0. The highest BCUT2D eigenvalue weighted by Crippen LogP contribution is 2.24. The number of nitrogens with one attached hydrogen (secondary N) is 1. The molecule has 104 valence electrons. The molecule has 1 aliphatic carbocycles. The van der Waals surface area contributed by atoms with Gasteiger partial charge in [-0.25, -0.2) is 9.78 Å². The van der Waals surface area contributed by atoms with Gasteiger partial charge < -0.3 is 4.74 Å². The van der Waals surface area contributed by atoms with Crippen LogP contribution in [-0.2, 0) is 4.74 Å². The van der Waals surface area contributed by atoms with Gasteiger partial charge in [0.25, 0.3) is 0 Å². The maximum absolute atomic E-state index is 11.7. The standard InChI is InChI=1S/C13H19N3O2S/c1-3-18-12(17)11-9(2)14-13(19-11)16-15-10-7-5-4-6-8-10/h3-8H2,1-2H3,(H,14,16). The van der Waals surface area contributed by atoms with Gasteiger partial charge in [-0.3, -0.25) is 5.43 Å². The summed E-state index contributed by atoms with van der Waals surface area (Å²) in [5, 5.41) is 5.03. The number of aromatic nitrogens is 1. The van der Waals surface area contributed by atoms with Crippen LogP contribution in [0, 0.1) is 6.92 Å². The average Bonchev–Trinajstić information content (AvgIpc) is 2.79. The van der Waals surface area contributed by atoms with E-state index in [0.29, 0.717) is 22.3 Å². The smallest absolute Gasteiger partial charge is 0.350 e. The third kappa shape index (κ3) is 3.76. The molecule has 0 atom stereocenters. The molecule has 1 fully saturated rings. The summed E-state index contributed by atoms with van der Waals surface area (Å²) in [6.45, 7) is 3.98. The fourth-order valence-electron chi connectivity index (χ4n) is 2.03. The highest BCUT2D eigenvalue weighted by atomic mass is 32.1. The van der Waals surface area contributed by atoms with Crippen LogP contribution in [0.25, 0.3) is 0 Å². The molecule has 6 heteroatoms. The molecule has 0 radical (unpaired) electrons. The van der Waals surface area contributed by atoms with Crippen LogP contribution in [0.4, 0.5) is 5.13 Å². The number of carbonyl (C=O) groups excluding carboxylic acids is 1. The van der Waals surface area contributed by atoms with Gasteiger partial charge in [0.1, 0.15) is 4.88 Å². The van der Waals surface area contributed by atoms with Crippen LogP contribution in [0.15, 0.2) is 5.10 Å². The Morgan fingerprint density at radius 2 is 2.16 bits per heavy atom. The van der Waals surface area contributed by atoms with E-state index in [2.05, 4.69) is 15.5 Å². The minimum atomic E-state index is -0.309. The summed E-state index contributed by atoms with van der Waals surface area (Å²) in [4.78, 5) is 16.5. The van der Waals surface area contributed by atoms with Crippen molar-refractivity contribution in [3.8, 4) is 0 Å². The lowest BCUT2D eigenvalue weighted by molar-refractivity contribution is 0.0531. The SMILES string of the molecule is CCOC(=O)c1sc(NN=C2CCCCC2)nc1C. The van der Waals surface area contributed by atoms with Crippen LogP contribution in [0.3, 0.4) is 0 Å². The number of esters is 1. The van der Waals surface area contributed by atoms with E-state index in [0.717, 1.165) is 12.8 Å². The third-order valence-corrected chi connectivity index (χ3v) is 4.04. The molecule has 1 heterocycles. The van der Waals surface area contributed by atoms with Crippen molar-refractivity contribution in [3.05, 3.63) is 10.6 Å². The average molecular weight is 281 g/mol. The van der Waals surface area contributed by atoms with Gasteiger partial charge in [0, 0.05) is 5.71 Å². The molecule has 0 unspecified atom stereocenters. The van der Waals surface area contributed by atoms with Gasteiger partial charge in [-0.05, 0) is 39.5 Å². The second-order valence-corrected chi connectivity index (χ2v) is 5.50. The minimum Gasteiger partial charge on any atom is -0.462 e.